The highest BCUT2D eigenvalue weighted by Crippen LogP contribution is 2.34. The monoisotopic (exact) mass is 357 g/mol. The van der Waals surface area contributed by atoms with Gasteiger partial charge in [-0.25, -0.2) is 9.18 Å². The van der Waals surface area contributed by atoms with E-state index in [-0.39, 0.29) is 19.4 Å². The molecule has 1 aliphatic carbocycles. The Labute approximate surface area is 145 Å². The zero-order chi connectivity index (χ0) is 17.7. The van der Waals surface area contributed by atoms with Crippen molar-refractivity contribution in [2.75, 3.05) is 6.61 Å². The van der Waals surface area contributed by atoms with E-state index >= 15 is 0 Å². The number of ether oxygens (including phenoxy) is 1. The lowest BCUT2D eigenvalue weighted by Gasteiger charge is -2.26. The molecule has 5 nitrogen and oxygen atoms in total. The summed E-state index contributed by atoms with van der Waals surface area (Å²) in [5.74, 6) is -1.69. The molecule has 1 fully saturated rings. The number of aliphatic hydroxyl groups is 1. The molecule has 0 aliphatic heterocycles. The third-order valence-corrected chi connectivity index (χ3v) is 4.41. The quantitative estimate of drug-likeness (QED) is 0.767. The van der Waals surface area contributed by atoms with Gasteiger partial charge in [0.25, 0.3) is 5.91 Å². The van der Waals surface area contributed by atoms with Crippen molar-refractivity contribution in [3.63, 3.8) is 0 Å². The van der Waals surface area contributed by atoms with Gasteiger partial charge in [0, 0.05) is 5.02 Å². The van der Waals surface area contributed by atoms with E-state index in [1.165, 1.54) is 12.1 Å². The average Bonchev–Trinajstić information content (AvgIpc) is 3.00. The number of alkyl halides is 1. The highest BCUT2D eigenvalue weighted by molar-refractivity contribution is 6.30. The summed E-state index contributed by atoms with van der Waals surface area (Å²) in [5, 5.41) is 13.3. The van der Waals surface area contributed by atoms with Crippen LogP contribution < -0.4 is 5.32 Å². The summed E-state index contributed by atoms with van der Waals surface area (Å²) < 4.78 is 19.5. The molecular weight excluding hydrogens is 337 g/mol. The van der Waals surface area contributed by atoms with Crippen molar-refractivity contribution >= 4 is 23.5 Å². The molecule has 2 unspecified atom stereocenters. The molecule has 0 heterocycles. The molecule has 1 aromatic carbocycles. The smallest absolute Gasteiger partial charge is 0.331 e. The van der Waals surface area contributed by atoms with Crippen LogP contribution in [0.1, 0.15) is 44.3 Å². The zero-order valence-corrected chi connectivity index (χ0v) is 14.2. The van der Waals surface area contributed by atoms with Crippen LogP contribution in [-0.2, 0) is 14.3 Å². The van der Waals surface area contributed by atoms with E-state index < -0.39 is 29.7 Å². The summed E-state index contributed by atoms with van der Waals surface area (Å²) in [6.45, 7) is 1.69. The fourth-order valence-electron chi connectivity index (χ4n) is 2.78. The molecule has 0 spiro atoms. The van der Waals surface area contributed by atoms with Crippen LogP contribution in [0.3, 0.4) is 0 Å². The maximum atomic E-state index is 14.6. The number of rotatable bonds is 6. The molecule has 24 heavy (non-hydrogen) atoms. The topological polar surface area (TPSA) is 75.6 Å². The van der Waals surface area contributed by atoms with Crippen molar-refractivity contribution in [2.45, 2.75) is 50.4 Å². The van der Waals surface area contributed by atoms with Gasteiger partial charge in [-0.05, 0) is 50.3 Å². The van der Waals surface area contributed by atoms with Crippen LogP contribution in [0.15, 0.2) is 24.3 Å². The van der Waals surface area contributed by atoms with Gasteiger partial charge in [-0.3, -0.25) is 4.79 Å². The number of amides is 1. The van der Waals surface area contributed by atoms with Gasteiger partial charge in [0.05, 0.1) is 6.61 Å². The number of carbonyl (C=O) groups excluding carboxylic acids is 2. The number of benzene rings is 1. The molecule has 1 amide bonds. The van der Waals surface area contributed by atoms with E-state index in [4.69, 9.17) is 16.3 Å². The van der Waals surface area contributed by atoms with Gasteiger partial charge in [-0.2, -0.15) is 0 Å². The molecule has 2 atom stereocenters. The fraction of sp³-hybridized carbons (Fsp3) is 0.529. The third-order valence-electron chi connectivity index (χ3n) is 4.16. The fourth-order valence-corrected chi connectivity index (χ4v) is 2.91. The Balaban J connectivity index is 2.19. The first kappa shape index (κ1) is 18.7. The summed E-state index contributed by atoms with van der Waals surface area (Å²) in [6, 6.07) is 4.79. The molecule has 0 saturated heterocycles. The zero-order valence-electron chi connectivity index (χ0n) is 13.4. The van der Waals surface area contributed by atoms with Crippen LogP contribution in [0.25, 0.3) is 0 Å². The number of esters is 1. The number of hydrogen-bond acceptors (Lipinski definition) is 4. The van der Waals surface area contributed by atoms with Gasteiger partial charge >= 0.3 is 5.97 Å². The molecule has 132 valence electrons. The van der Waals surface area contributed by atoms with Gasteiger partial charge in [-0.15, -0.1) is 0 Å². The van der Waals surface area contributed by atoms with Crippen LogP contribution >= 0.6 is 11.6 Å². The van der Waals surface area contributed by atoms with E-state index in [0.717, 1.165) is 0 Å². The Hall–Kier alpha value is -1.66. The van der Waals surface area contributed by atoms with Gasteiger partial charge in [0.15, 0.2) is 11.7 Å². The van der Waals surface area contributed by atoms with Crippen LogP contribution in [-0.4, -0.2) is 35.3 Å². The van der Waals surface area contributed by atoms with Crippen molar-refractivity contribution in [3.8, 4) is 0 Å². The minimum absolute atomic E-state index is 0.0826. The average molecular weight is 358 g/mol. The summed E-state index contributed by atoms with van der Waals surface area (Å²) in [4.78, 5) is 24.4. The molecule has 2 N–H and O–H groups in total. The number of nitrogens with one attached hydrogen (secondary N) is 1. The Bertz CT molecular complexity index is 587. The maximum absolute atomic E-state index is 14.6. The SMILES string of the molecule is CCOC(=O)C(NC(=O)C1(F)CCCC1)C(O)c1ccc(Cl)cc1. The van der Waals surface area contributed by atoms with Crippen molar-refractivity contribution in [2.24, 2.45) is 0 Å². The van der Waals surface area contributed by atoms with E-state index in [9.17, 15) is 19.1 Å². The summed E-state index contributed by atoms with van der Waals surface area (Å²) in [7, 11) is 0. The number of aliphatic hydroxyl groups excluding tert-OH is 1. The number of carbonyl (C=O) groups is 2. The maximum Gasteiger partial charge on any atom is 0.331 e. The molecule has 0 bridgehead atoms. The lowest BCUT2D eigenvalue weighted by Crippen LogP contribution is -2.52. The van der Waals surface area contributed by atoms with Crippen LogP contribution in [0.2, 0.25) is 5.02 Å². The summed E-state index contributed by atoms with van der Waals surface area (Å²) in [6.07, 6.45) is 0.105. The minimum Gasteiger partial charge on any atom is -0.464 e. The van der Waals surface area contributed by atoms with Gasteiger partial charge < -0.3 is 15.2 Å². The highest BCUT2D eigenvalue weighted by Gasteiger charge is 2.44. The molecule has 7 heteroatoms. The highest BCUT2D eigenvalue weighted by atomic mass is 35.5. The predicted octanol–water partition coefficient (Wildman–Crippen LogP) is 2.70. The van der Waals surface area contributed by atoms with E-state index in [1.807, 2.05) is 0 Å². The van der Waals surface area contributed by atoms with E-state index in [2.05, 4.69) is 5.32 Å². The lowest BCUT2D eigenvalue weighted by atomic mass is 9.99. The number of hydrogen-bond donors (Lipinski definition) is 2. The van der Waals surface area contributed by atoms with Crippen molar-refractivity contribution < 1.29 is 23.8 Å². The first-order valence-corrected chi connectivity index (χ1v) is 8.35. The van der Waals surface area contributed by atoms with Gasteiger partial charge in [0.1, 0.15) is 6.10 Å². The van der Waals surface area contributed by atoms with Crippen molar-refractivity contribution in [1.29, 1.82) is 0 Å². The first-order valence-electron chi connectivity index (χ1n) is 7.97. The Morgan fingerprint density at radius 3 is 2.46 bits per heavy atom. The standard InChI is InChI=1S/C17H21ClFNO4/c1-2-24-15(22)13(14(21)11-5-7-12(18)8-6-11)20-16(23)17(19)9-3-4-10-17/h5-8,13-14,21H,2-4,9-10H2,1H3,(H,20,23). The lowest BCUT2D eigenvalue weighted by molar-refractivity contribution is -0.152. The summed E-state index contributed by atoms with van der Waals surface area (Å²) >= 11 is 5.80. The molecule has 1 aliphatic rings. The minimum atomic E-state index is -2.00. The van der Waals surface area contributed by atoms with E-state index in [1.54, 1.807) is 19.1 Å². The normalized spacial score (nSPS) is 18.7. The van der Waals surface area contributed by atoms with Crippen LogP contribution in [0.5, 0.6) is 0 Å². The Morgan fingerprint density at radius 2 is 1.92 bits per heavy atom. The molecule has 1 aromatic rings. The number of halogens is 2. The second-order valence-electron chi connectivity index (χ2n) is 5.87. The second-order valence-corrected chi connectivity index (χ2v) is 6.31. The van der Waals surface area contributed by atoms with Gasteiger partial charge in [0.2, 0.25) is 0 Å². The molecule has 0 radical (unpaired) electrons. The molecule has 1 saturated carbocycles. The second kappa shape index (κ2) is 7.94. The predicted molar refractivity (Wildman–Crippen MR) is 87.3 cm³/mol. The van der Waals surface area contributed by atoms with Crippen LogP contribution in [0.4, 0.5) is 4.39 Å². The Kier molecular flexibility index (Phi) is 6.18. The molecule has 2 rings (SSSR count). The first-order chi connectivity index (χ1) is 11.4. The van der Waals surface area contributed by atoms with Crippen molar-refractivity contribution in [3.05, 3.63) is 34.9 Å². The molecular formula is C17H21ClFNO4. The molecule has 0 aromatic heterocycles. The van der Waals surface area contributed by atoms with Gasteiger partial charge in [-0.1, -0.05) is 23.7 Å². The van der Waals surface area contributed by atoms with Crippen LogP contribution in [0, 0.1) is 0 Å². The summed E-state index contributed by atoms with van der Waals surface area (Å²) in [5.41, 5.74) is -1.62. The third kappa shape index (κ3) is 4.24. The Morgan fingerprint density at radius 1 is 1.33 bits per heavy atom. The van der Waals surface area contributed by atoms with E-state index in [0.29, 0.717) is 23.4 Å². The van der Waals surface area contributed by atoms with Crippen molar-refractivity contribution in [1.82, 2.24) is 5.32 Å². The largest absolute Gasteiger partial charge is 0.464 e.